The van der Waals surface area contributed by atoms with Crippen molar-refractivity contribution in [2.75, 3.05) is 13.1 Å². The average molecular weight is 304 g/mol. The van der Waals surface area contributed by atoms with Crippen molar-refractivity contribution < 1.29 is 9.32 Å². The number of thiophene rings is 1. The lowest BCUT2D eigenvalue weighted by molar-refractivity contribution is 0.0957. The second kappa shape index (κ2) is 7.02. The average Bonchev–Trinajstić information content (AvgIpc) is 3.03. The van der Waals surface area contributed by atoms with Gasteiger partial charge in [-0.3, -0.25) is 4.79 Å². The van der Waals surface area contributed by atoms with E-state index in [0.29, 0.717) is 36.1 Å². The van der Waals surface area contributed by atoms with Crippen molar-refractivity contribution in [1.29, 1.82) is 0 Å². The summed E-state index contributed by atoms with van der Waals surface area (Å²) in [5, 5.41) is 6.52. The largest absolute Gasteiger partial charge is 0.351 e. The number of carbonyl (C=O) groups excluding carboxylic acids is 1. The third-order valence-corrected chi connectivity index (χ3v) is 3.79. The molecule has 0 aliphatic heterocycles. The van der Waals surface area contributed by atoms with Gasteiger partial charge in [0.05, 0.1) is 16.3 Å². The number of amides is 1. The fourth-order valence-electron chi connectivity index (χ4n) is 1.66. The Balaban J connectivity index is 1.91. The van der Waals surface area contributed by atoms with Crippen LogP contribution >= 0.6 is 11.3 Å². The van der Waals surface area contributed by atoms with E-state index in [0.717, 1.165) is 10.4 Å². The number of nitrogens with zero attached hydrogens (tertiary/aromatic N) is 2. The zero-order valence-corrected chi connectivity index (χ0v) is 12.7. The fraction of sp³-hybridized carbons (Fsp3) is 0.357. The first-order chi connectivity index (χ1) is 10.1. The second-order valence-electron chi connectivity index (χ2n) is 4.37. The van der Waals surface area contributed by atoms with Crippen LogP contribution in [-0.2, 0) is 6.42 Å². The molecule has 2 rings (SSSR count). The summed E-state index contributed by atoms with van der Waals surface area (Å²) in [6.07, 6.45) is 0.511. The summed E-state index contributed by atoms with van der Waals surface area (Å²) >= 11 is 1.37. The molecule has 2 heterocycles. The molecule has 0 aliphatic rings. The van der Waals surface area contributed by atoms with Gasteiger partial charge in [0.1, 0.15) is 0 Å². The molecule has 6 nitrogen and oxygen atoms in total. The van der Waals surface area contributed by atoms with Crippen LogP contribution in [0, 0.1) is 25.7 Å². The van der Waals surface area contributed by atoms with Gasteiger partial charge >= 0.3 is 0 Å². The van der Waals surface area contributed by atoms with E-state index in [2.05, 4.69) is 27.3 Å². The Morgan fingerprint density at radius 2 is 2.33 bits per heavy atom. The highest BCUT2D eigenvalue weighted by Crippen LogP contribution is 2.20. The van der Waals surface area contributed by atoms with Crippen LogP contribution in [0.3, 0.4) is 0 Å². The molecular formula is C14H16N4O2S. The maximum Gasteiger partial charge on any atom is 0.261 e. The summed E-state index contributed by atoms with van der Waals surface area (Å²) in [5.74, 6) is 6.74. The Labute approximate surface area is 126 Å². The van der Waals surface area contributed by atoms with Crippen molar-refractivity contribution >= 4 is 17.2 Å². The summed E-state index contributed by atoms with van der Waals surface area (Å²) < 4.78 is 4.98. The van der Waals surface area contributed by atoms with Gasteiger partial charge in [-0.05, 0) is 25.5 Å². The van der Waals surface area contributed by atoms with Crippen LogP contribution in [0.2, 0.25) is 0 Å². The van der Waals surface area contributed by atoms with Gasteiger partial charge in [-0.25, -0.2) is 0 Å². The molecule has 0 spiro atoms. The Hall–Kier alpha value is -2.17. The summed E-state index contributed by atoms with van der Waals surface area (Å²) in [5.41, 5.74) is 6.33. The van der Waals surface area contributed by atoms with Crippen molar-refractivity contribution in [3.63, 3.8) is 0 Å². The lowest BCUT2D eigenvalue weighted by atomic mass is 10.2. The third-order valence-electron chi connectivity index (χ3n) is 2.64. The highest BCUT2D eigenvalue weighted by molar-refractivity contribution is 7.14. The molecule has 0 saturated heterocycles. The number of hydrogen-bond donors (Lipinski definition) is 2. The van der Waals surface area contributed by atoms with E-state index in [9.17, 15) is 4.79 Å². The minimum absolute atomic E-state index is 0.125. The topological polar surface area (TPSA) is 94.0 Å². The van der Waals surface area contributed by atoms with Gasteiger partial charge in [0.25, 0.3) is 5.91 Å². The first-order valence-corrected chi connectivity index (χ1v) is 7.28. The predicted molar refractivity (Wildman–Crippen MR) is 80.1 cm³/mol. The van der Waals surface area contributed by atoms with Gasteiger partial charge < -0.3 is 15.6 Å². The lowest BCUT2D eigenvalue weighted by Crippen LogP contribution is -2.24. The molecular weight excluding hydrogens is 288 g/mol. The molecule has 0 fully saturated rings. The normalized spacial score (nSPS) is 10.0. The Morgan fingerprint density at radius 3 is 3.00 bits per heavy atom. The smallest absolute Gasteiger partial charge is 0.261 e. The van der Waals surface area contributed by atoms with Gasteiger partial charge in [0, 0.05) is 13.0 Å². The molecule has 3 N–H and O–H groups in total. The SMILES string of the molecule is Cc1noc(CCNC(=O)c2cc(C)c(C#CCN)s2)n1. The monoisotopic (exact) mass is 304 g/mol. The van der Waals surface area contributed by atoms with E-state index in [4.69, 9.17) is 10.3 Å². The molecule has 0 radical (unpaired) electrons. The Bertz CT molecular complexity index is 693. The van der Waals surface area contributed by atoms with Crippen molar-refractivity contribution in [2.45, 2.75) is 20.3 Å². The maximum absolute atomic E-state index is 12.0. The van der Waals surface area contributed by atoms with Crippen LogP contribution in [-0.4, -0.2) is 29.1 Å². The molecule has 21 heavy (non-hydrogen) atoms. The second-order valence-corrected chi connectivity index (χ2v) is 5.42. The predicted octanol–water partition coefficient (Wildman–Crippen LogP) is 1.03. The zero-order chi connectivity index (χ0) is 15.2. The summed E-state index contributed by atoms with van der Waals surface area (Å²) in [7, 11) is 0. The van der Waals surface area contributed by atoms with E-state index in [1.807, 2.05) is 13.0 Å². The molecule has 0 saturated carbocycles. The van der Waals surface area contributed by atoms with E-state index in [1.54, 1.807) is 6.92 Å². The van der Waals surface area contributed by atoms with E-state index in [-0.39, 0.29) is 5.91 Å². The van der Waals surface area contributed by atoms with Gasteiger partial charge in [0.2, 0.25) is 5.89 Å². The molecule has 7 heteroatoms. The summed E-state index contributed by atoms with van der Waals surface area (Å²) in [6, 6.07) is 1.83. The Kier molecular flexibility index (Phi) is 5.09. The van der Waals surface area contributed by atoms with Crippen LogP contribution in [0.1, 0.15) is 31.8 Å². The van der Waals surface area contributed by atoms with Crippen LogP contribution in [0.25, 0.3) is 0 Å². The summed E-state index contributed by atoms with van der Waals surface area (Å²) in [6.45, 7) is 4.43. The molecule has 0 aliphatic carbocycles. The number of rotatable bonds is 4. The number of nitrogens with one attached hydrogen (secondary N) is 1. The van der Waals surface area contributed by atoms with Crippen LogP contribution in [0.4, 0.5) is 0 Å². The van der Waals surface area contributed by atoms with E-state index >= 15 is 0 Å². The lowest BCUT2D eigenvalue weighted by Gasteiger charge is -2.00. The Morgan fingerprint density at radius 1 is 1.52 bits per heavy atom. The van der Waals surface area contributed by atoms with Crippen molar-refractivity contribution in [3.05, 3.63) is 33.1 Å². The summed E-state index contributed by atoms with van der Waals surface area (Å²) in [4.78, 5) is 17.6. The van der Waals surface area contributed by atoms with Crippen LogP contribution < -0.4 is 11.1 Å². The number of carbonyl (C=O) groups is 1. The van der Waals surface area contributed by atoms with Crippen molar-refractivity contribution in [3.8, 4) is 11.8 Å². The standard InChI is InChI=1S/C14H16N4O2S/c1-9-8-12(21-11(9)4-3-6-15)14(19)16-7-5-13-17-10(2)18-20-13/h8H,5-7,15H2,1-2H3,(H,16,19). The quantitative estimate of drug-likeness (QED) is 0.823. The number of aryl methyl sites for hydroxylation is 2. The number of aromatic nitrogens is 2. The molecule has 110 valence electrons. The molecule has 0 unspecified atom stereocenters. The number of hydrogen-bond acceptors (Lipinski definition) is 6. The first-order valence-electron chi connectivity index (χ1n) is 6.47. The van der Waals surface area contributed by atoms with Crippen LogP contribution in [0.15, 0.2) is 10.6 Å². The third kappa shape index (κ3) is 4.15. The molecule has 0 aromatic carbocycles. The maximum atomic E-state index is 12.0. The molecule has 2 aromatic rings. The molecule has 1 amide bonds. The fourth-order valence-corrected chi connectivity index (χ4v) is 2.62. The number of nitrogens with two attached hydrogens (primary N) is 1. The van der Waals surface area contributed by atoms with E-state index in [1.165, 1.54) is 11.3 Å². The van der Waals surface area contributed by atoms with Crippen LogP contribution in [0.5, 0.6) is 0 Å². The minimum Gasteiger partial charge on any atom is -0.351 e. The highest BCUT2D eigenvalue weighted by atomic mass is 32.1. The molecule has 2 aromatic heterocycles. The van der Waals surface area contributed by atoms with Gasteiger partial charge in [-0.1, -0.05) is 17.0 Å². The first kappa shape index (κ1) is 15.2. The van der Waals surface area contributed by atoms with Crippen molar-refractivity contribution in [1.82, 2.24) is 15.5 Å². The van der Waals surface area contributed by atoms with Crippen molar-refractivity contribution in [2.24, 2.45) is 5.73 Å². The zero-order valence-electron chi connectivity index (χ0n) is 11.9. The van der Waals surface area contributed by atoms with E-state index < -0.39 is 0 Å². The molecule has 0 atom stereocenters. The van der Waals surface area contributed by atoms with Gasteiger partial charge in [-0.2, -0.15) is 4.98 Å². The molecule has 0 bridgehead atoms. The van der Waals surface area contributed by atoms with Gasteiger partial charge in [-0.15, -0.1) is 11.3 Å². The highest BCUT2D eigenvalue weighted by Gasteiger charge is 2.11. The minimum atomic E-state index is -0.125. The van der Waals surface area contributed by atoms with Gasteiger partial charge in [0.15, 0.2) is 5.82 Å².